The van der Waals surface area contributed by atoms with Crippen LogP contribution in [0.2, 0.25) is 0 Å². The van der Waals surface area contributed by atoms with E-state index in [0.29, 0.717) is 49.7 Å². The SMILES string of the molecule is CC(C)CC(=O)N1CCC(COc2cnc(N3C[C@H](c4cc(F)ccc4F)[C@@H](N)C3)nc2)CC1. The second-order valence-electron chi connectivity index (χ2n) is 9.79. The molecule has 34 heavy (non-hydrogen) atoms. The summed E-state index contributed by atoms with van der Waals surface area (Å²) >= 11 is 0. The lowest BCUT2D eigenvalue weighted by Crippen LogP contribution is -2.40. The molecule has 2 aliphatic rings. The van der Waals surface area contributed by atoms with Gasteiger partial charge < -0.3 is 20.3 Å². The molecule has 2 N–H and O–H groups in total. The Kier molecular flexibility index (Phi) is 7.60. The van der Waals surface area contributed by atoms with E-state index in [0.717, 1.165) is 38.1 Å². The molecule has 184 valence electrons. The second-order valence-corrected chi connectivity index (χ2v) is 9.79. The zero-order valence-electron chi connectivity index (χ0n) is 19.8. The average Bonchev–Trinajstić information content (AvgIpc) is 3.21. The number of piperidine rings is 1. The van der Waals surface area contributed by atoms with Gasteiger partial charge in [0.2, 0.25) is 11.9 Å². The summed E-state index contributed by atoms with van der Waals surface area (Å²) in [4.78, 5) is 24.9. The van der Waals surface area contributed by atoms with Crippen molar-refractivity contribution in [3.63, 3.8) is 0 Å². The van der Waals surface area contributed by atoms with Crippen molar-refractivity contribution in [2.24, 2.45) is 17.6 Å². The fourth-order valence-electron chi connectivity index (χ4n) is 4.71. The van der Waals surface area contributed by atoms with Gasteiger partial charge in [-0.3, -0.25) is 4.79 Å². The molecule has 2 aliphatic heterocycles. The third-order valence-electron chi connectivity index (χ3n) is 6.66. The van der Waals surface area contributed by atoms with Crippen molar-refractivity contribution in [1.29, 1.82) is 0 Å². The number of carbonyl (C=O) groups excluding carboxylic acids is 1. The predicted molar refractivity (Wildman–Crippen MR) is 126 cm³/mol. The van der Waals surface area contributed by atoms with Crippen LogP contribution in [0.3, 0.4) is 0 Å². The maximum Gasteiger partial charge on any atom is 0.225 e. The molecule has 0 bridgehead atoms. The zero-order valence-corrected chi connectivity index (χ0v) is 19.8. The first-order valence-corrected chi connectivity index (χ1v) is 12.0. The first-order valence-electron chi connectivity index (χ1n) is 12.0. The number of aromatic nitrogens is 2. The Labute approximate surface area is 199 Å². The van der Waals surface area contributed by atoms with Gasteiger partial charge in [0.1, 0.15) is 11.6 Å². The summed E-state index contributed by atoms with van der Waals surface area (Å²) < 4.78 is 33.7. The minimum Gasteiger partial charge on any atom is -0.490 e. The van der Waals surface area contributed by atoms with Crippen molar-refractivity contribution in [2.75, 3.05) is 37.7 Å². The Hall–Kier alpha value is -2.81. The Morgan fingerprint density at radius 3 is 2.56 bits per heavy atom. The molecule has 1 aromatic heterocycles. The molecule has 0 radical (unpaired) electrons. The number of anilines is 1. The Morgan fingerprint density at radius 2 is 1.88 bits per heavy atom. The van der Waals surface area contributed by atoms with E-state index in [-0.39, 0.29) is 23.4 Å². The summed E-state index contributed by atoms with van der Waals surface area (Å²) in [5.41, 5.74) is 6.52. The fourth-order valence-corrected chi connectivity index (χ4v) is 4.71. The van der Waals surface area contributed by atoms with Crippen molar-refractivity contribution in [1.82, 2.24) is 14.9 Å². The highest BCUT2D eigenvalue weighted by atomic mass is 19.1. The molecule has 1 aromatic carbocycles. The van der Waals surface area contributed by atoms with Crippen molar-refractivity contribution in [3.8, 4) is 5.75 Å². The number of likely N-dealkylation sites (tertiary alicyclic amines) is 1. The third-order valence-corrected chi connectivity index (χ3v) is 6.66. The summed E-state index contributed by atoms with van der Waals surface area (Å²) in [6, 6.07) is 3.10. The number of nitrogens with zero attached hydrogens (tertiary/aromatic N) is 4. The van der Waals surface area contributed by atoms with Crippen molar-refractivity contribution in [3.05, 3.63) is 47.8 Å². The molecular formula is C25H33F2N5O2. The summed E-state index contributed by atoms with van der Waals surface area (Å²) in [6.45, 7) is 7.10. The quantitative estimate of drug-likeness (QED) is 0.664. The molecule has 2 atom stereocenters. The van der Waals surface area contributed by atoms with Crippen LogP contribution in [0, 0.1) is 23.5 Å². The number of rotatable bonds is 7. The number of hydrogen-bond donors (Lipinski definition) is 1. The van der Waals surface area contributed by atoms with Crippen molar-refractivity contribution < 1.29 is 18.3 Å². The largest absolute Gasteiger partial charge is 0.490 e. The molecule has 0 unspecified atom stereocenters. The van der Waals surface area contributed by atoms with Gasteiger partial charge in [-0.05, 0) is 48.4 Å². The van der Waals surface area contributed by atoms with E-state index in [1.54, 1.807) is 12.4 Å². The van der Waals surface area contributed by atoms with E-state index in [1.807, 2.05) is 9.80 Å². The fraction of sp³-hybridized carbons (Fsp3) is 0.560. The smallest absolute Gasteiger partial charge is 0.225 e. The van der Waals surface area contributed by atoms with Crippen LogP contribution >= 0.6 is 0 Å². The van der Waals surface area contributed by atoms with E-state index >= 15 is 0 Å². The van der Waals surface area contributed by atoms with Crippen LogP contribution in [-0.2, 0) is 4.79 Å². The monoisotopic (exact) mass is 473 g/mol. The number of amides is 1. The first-order chi connectivity index (χ1) is 16.3. The normalized spacial score (nSPS) is 21.4. The van der Waals surface area contributed by atoms with E-state index in [9.17, 15) is 13.6 Å². The number of nitrogens with two attached hydrogens (primary N) is 1. The molecule has 0 saturated carbocycles. The summed E-state index contributed by atoms with van der Waals surface area (Å²) in [7, 11) is 0. The van der Waals surface area contributed by atoms with Crippen molar-refractivity contribution >= 4 is 11.9 Å². The first kappa shape index (κ1) is 24.3. The summed E-state index contributed by atoms with van der Waals surface area (Å²) in [6.07, 6.45) is 5.71. The number of carbonyl (C=O) groups is 1. The Morgan fingerprint density at radius 1 is 1.18 bits per heavy atom. The van der Waals surface area contributed by atoms with Gasteiger partial charge in [-0.25, -0.2) is 18.7 Å². The molecular weight excluding hydrogens is 440 g/mol. The predicted octanol–water partition coefficient (Wildman–Crippen LogP) is 3.35. The van der Waals surface area contributed by atoms with E-state index < -0.39 is 11.6 Å². The molecule has 2 aromatic rings. The lowest BCUT2D eigenvalue weighted by Gasteiger charge is -2.32. The highest BCUT2D eigenvalue weighted by molar-refractivity contribution is 5.76. The minimum absolute atomic E-state index is 0.238. The number of benzene rings is 1. The molecule has 4 rings (SSSR count). The molecule has 0 spiro atoms. The van der Waals surface area contributed by atoms with Crippen LogP contribution in [0.15, 0.2) is 30.6 Å². The molecule has 9 heteroatoms. The lowest BCUT2D eigenvalue weighted by atomic mass is 9.94. The summed E-state index contributed by atoms with van der Waals surface area (Å²) in [5, 5.41) is 0. The van der Waals surface area contributed by atoms with Gasteiger partial charge >= 0.3 is 0 Å². The standard InChI is InChI=1S/C25H33F2N5O2/c1-16(2)9-24(33)31-7-5-17(6-8-31)15-34-19-11-29-25(30-12-19)32-13-21(23(28)14-32)20-10-18(26)3-4-22(20)27/h3-4,10-12,16-17,21,23H,5-9,13-15,28H2,1-2H3/t21-,23+/m1/s1. The van der Waals surface area contributed by atoms with E-state index in [2.05, 4.69) is 23.8 Å². The second kappa shape index (κ2) is 10.6. The van der Waals surface area contributed by atoms with Crippen LogP contribution < -0.4 is 15.4 Å². The Bertz CT molecular complexity index is 980. The topological polar surface area (TPSA) is 84.6 Å². The van der Waals surface area contributed by atoms with Gasteiger partial charge in [-0.1, -0.05) is 13.8 Å². The van der Waals surface area contributed by atoms with Gasteiger partial charge in [0.05, 0.1) is 19.0 Å². The molecule has 3 heterocycles. The minimum atomic E-state index is -0.479. The van der Waals surface area contributed by atoms with Crippen LogP contribution in [0.1, 0.15) is 44.6 Å². The van der Waals surface area contributed by atoms with Gasteiger partial charge in [0.15, 0.2) is 5.75 Å². The maximum atomic E-state index is 14.2. The van der Waals surface area contributed by atoms with Crippen molar-refractivity contribution in [2.45, 2.75) is 45.1 Å². The lowest BCUT2D eigenvalue weighted by molar-refractivity contribution is -0.133. The van der Waals surface area contributed by atoms with Crippen LogP contribution in [0.5, 0.6) is 5.75 Å². The highest BCUT2D eigenvalue weighted by Crippen LogP contribution is 2.31. The number of ether oxygens (including phenoxy) is 1. The van der Waals surface area contributed by atoms with Gasteiger partial charge in [0, 0.05) is 44.6 Å². The average molecular weight is 474 g/mol. The van der Waals surface area contributed by atoms with Gasteiger partial charge in [0.25, 0.3) is 0 Å². The van der Waals surface area contributed by atoms with E-state index in [4.69, 9.17) is 10.5 Å². The zero-order chi connectivity index (χ0) is 24.2. The molecule has 1 amide bonds. The van der Waals surface area contributed by atoms with Crippen LogP contribution in [-0.4, -0.2) is 59.6 Å². The highest BCUT2D eigenvalue weighted by Gasteiger charge is 2.34. The molecule has 7 nitrogen and oxygen atoms in total. The molecule has 2 fully saturated rings. The van der Waals surface area contributed by atoms with Crippen LogP contribution in [0.25, 0.3) is 0 Å². The molecule has 2 saturated heterocycles. The number of halogens is 2. The molecule has 0 aliphatic carbocycles. The maximum absolute atomic E-state index is 14.2. The summed E-state index contributed by atoms with van der Waals surface area (Å²) in [5.74, 6) is 0.798. The van der Waals surface area contributed by atoms with E-state index in [1.165, 1.54) is 6.07 Å². The van der Waals surface area contributed by atoms with Gasteiger partial charge in [-0.15, -0.1) is 0 Å². The third kappa shape index (κ3) is 5.81. The number of hydrogen-bond acceptors (Lipinski definition) is 6. The van der Waals surface area contributed by atoms with Gasteiger partial charge in [-0.2, -0.15) is 0 Å². The Balaban J connectivity index is 1.27. The van der Waals surface area contributed by atoms with Crippen LogP contribution in [0.4, 0.5) is 14.7 Å².